The van der Waals surface area contributed by atoms with Crippen molar-refractivity contribution in [3.8, 4) is 5.75 Å². The molecule has 3 rings (SSSR count). The monoisotopic (exact) mass is 422 g/mol. The van der Waals surface area contributed by atoms with Crippen LogP contribution in [0.4, 0.5) is 18.9 Å². The molecule has 1 aliphatic rings. The Labute approximate surface area is 173 Å². The number of rotatable bonds is 7. The number of para-hydroxylation sites is 1. The number of halogens is 3. The zero-order valence-corrected chi connectivity index (χ0v) is 16.7. The Bertz CT molecular complexity index is 865. The minimum Gasteiger partial charge on any atom is -0.490 e. The van der Waals surface area contributed by atoms with Gasteiger partial charge in [0, 0.05) is 38.4 Å². The molecule has 0 saturated carbocycles. The van der Waals surface area contributed by atoms with Gasteiger partial charge in [0.1, 0.15) is 18.5 Å². The highest BCUT2D eigenvalue weighted by Gasteiger charge is 2.31. The molecule has 0 radical (unpaired) electrons. The second-order valence-corrected chi connectivity index (χ2v) is 7.35. The summed E-state index contributed by atoms with van der Waals surface area (Å²) in [5.41, 5.74) is 0.370. The molecule has 0 spiro atoms. The minimum atomic E-state index is -4.36. The number of benzene rings is 2. The van der Waals surface area contributed by atoms with E-state index in [1.54, 1.807) is 30.3 Å². The summed E-state index contributed by atoms with van der Waals surface area (Å²) in [5.74, 6) is 0.337. The summed E-state index contributed by atoms with van der Waals surface area (Å²) in [5, 5.41) is 10.3. The molecule has 162 valence electrons. The number of β-amino-alcohol motifs (C(OH)–C–C–N with tert-alkyl or cyclic N) is 1. The number of piperazine rings is 1. The summed E-state index contributed by atoms with van der Waals surface area (Å²) in [7, 11) is 0. The standard InChI is InChI=1S/C22H25F3N2O3/c1-16(28)20-7-2-3-8-21(20)30-15-19(29)14-26-9-11-27(12-10-26)18-6-4-5-17(13-18)22(23,24)25/h2-8,13,19,29H,9-12,14-15H2,1H3. The van der Waals surface area contributed by atoms with Crippen LogP contribution >= 0.6 is 0 Å². The van der Waals surface area contributed by atoms with Crippen molar-refractivity contribution in [3.05, 3.63) is 59.7 Å². The summed E-state index contributed by atoms with van der Waals surface area (Å²) in [4.78, 5) is 15.6. The van der Waals surface area contributed by atoms with Gasteiger partial charge in [0.25, 0.3) is 0 Å². The maximum atomic E-state index is 12.9. The Morgan fingerprint density at radius 3 is 2.47 bits per heavy atom. The third-order valence-corrected chi connectivity index (χ3v) is 5.08. The molecule has 1 heterocycles. The van der Waals surface area contributed by atoms with Gasteiger partial charge < -0.3 is 14.7 Å². The molecule has 1 atom stereocenters. The van der Waals surface area contributed by atoms with E-state index in [0.29, 0.717) is 49.7 Å². The molecule has 2 aromatic rings. The van der Waals surface area contributed by atoms with Crippen LogP contribution in [0, 0.1) is 0 Å². The SMILES string of the molecule is CC(=O)c1ccccc1OCC(O)CN1CCN(c2cccc(C(F)(F)F)c2)CC1. The number of aliphatic hydroxyl groups excluding tert-OH is 1. The third kappa shape index (κ3) is 5.73. The Morgan fingerprint density at radius 2 is 1.80 bits per heavy atom. The van der Waals surface area contributed by atoms with E-state index >= 15 is 0 Å². The van der Waals surface area contributed by atoms with Gasteiger partial charge in [0.2, 0.25) is 0 Å². The first-order chi connectivity index (χ1) is 14.2. The lowest BCUT2D eigenvalue weighted by Crippen LogP contribution is -2.49. The van der Waals surface area contributed by atoms with Crippen LogP contribution in [-0.2, 0) is 6.18 Å². The molecule has 0 aliphatic carbocycles. The first kappa shape index (κ1) is 22.1. The van der Waals surface area contributed by atoms with Crippen molar-refractivity contribution in [2.45, 2.75) is 19.2 Å². The number of ether oxygens (including phenoxy) is 1. The van der Waals surface area contributed by atoms with E-state index < -0.39 is 17.8 Å². The van der Waals surface area contributed by atoms with E-state index in [4.69, 9.17) is 4.74 Å². The normalized spacial score (nSPS) is 16.4. The number of hydrogen-bond acceptors (Lipinski definition) is 5. The van der Waals surface area contributed by atoms with Gasteiger partial charge in [-0.25, -0.2) is 0 Å². The van der Waals surface area contributed by atoms with Crippen molar-refractivity contribution in [1.29, 1.82) is 0 Å². The number of hydrogen-bond donors (Lipinski definition) is 1. The molecule has 5 nitrogen and oxygen atoms in total. The highest BCUT2D eigenvalue weighted by molar-refractivity contribution is 5.96. The molecule has 30 heavy (non-hydrogen) atoms. The van der Waals surface area contributed by atoms with Gasteiger partial charge in [-0.15, -0.1) is 0 Å². The number of carbonyl (C=O) groups is 1. The summed E-state index contributed by atoms with van der Waals surface area (Å²) in [6.07, 6.45) is -5.10. The fourth-order valence-electron chi connectivity index (χ4n) is 3.49. The molecule has 2 aromatic carbocycles. The van der Waals surface area contributed by atoms with Gasteiger partial charge in [-0.05, 0) is 37.3 Å². The highest BCUT2D eigenvalue weighted by Crippen LogP contribution is 2.31. The van der Waals surface area contributed by atoms with Crippen molar-refractivity contribution in [2.24, 2.45) is 0 Å². The number of nitrogens with zero attached hydrogens (tertiary/aromatic N) is 2. The lowest BCUT2D eigenvalue weighted by molar-refractivity contribution is -0.137. The zero-order chi connectivity index (χ0) is 21.7. The predicted octanol–water partition coefficient (Wildman–Crippen LogP) is 3.47. The van der Waals surface area contributed by atoms with Gasteiger partial charge in [-0.2, -0.15) is 13.2 Å². The van der Waals surface area contributed by atoms with Crippen LogP contribution in [-0.4, -0.2) is 61.2 Å². The molecule has 1 saturated heterocycles. The van der Waals surface area contributed by atoms with Crippen LogP contribution in [0.3, 0.4) is 0 Å². The fraction of sp³-hybridized carbons (Fsp3) is 0.409. The molecule has 8 heteroatoms. The number of alkyl halides is 3. The van der Waals surface area contributed by atoms with Crippen LogP contribution in [0.15, 0.2) is 48.5 Å². The Hall–Kier alpha value is -2.58. The highest BCUT2D eigenvalue weighted by atomic mass is 19.4. The smallest absolute Gasteiger partial charge is 0.416 e. The van der Waals surface area contributed by atoms with Crippen LogP contribution in [0.2, 0.25) is 0 Å². The molecule has 0 amide bonds. The van der Waals surface area contributed by atoms with E-state index in [-0.39, 0.29) is 12.4 Å². The second kappa shape index (κ2) is 9.49. The Balaban J connectivity index is 1.49. The first-order valence-corrected chi connectivity index (χ1v) is 9.79. The van der Waals surface area contributed by atoms with Crippen LogP contribution in [0.25, 0.3) is 0 Å². The summed E-state index contributed by atoms with van der Waals surface area (Å²) < 4.78 is 44.4. The summed E-state index contributed by atoms with van der Waals surface area (Å²) >= 11 is 0. The maximum absolute atomic E-state index is 12.9. The predicted molar refractivity (Wildman–Crippen MR) is 108 cm³/mol. The van der Waals surface area contributed by atoms with Crippen molar-refractivity contribution in [3.63, 3.8) is 0 Å². The summed E-state index contributed by atoms with van der Waals surface area (Å²) in [6, 6.07) is 12.2. The van der Waals surface area contributed by atoms with E-state index in [1.165, 1.54) is 19.1 Å². The maximum Gasteiger partial charge on any atom is 0.416 e. The number of Topliss-reactive ketones (excluding diaryl/α,β-unsaturated/α-hetero) is 1. The van der Waals surface area contributed by atoms with E-state index in [1.807, 2.05) is 4.90 Å². The number of anilines is 1. The molecule has 1 unspecified atom stereocenters. The lowest BCUT2D eigenvalue weighted by Gasteiger charge is -2.37. The van der Waals surface area contributed by atoms with Crippen molar-refractivity contribution in [2.75, 3.05) is 44.2 Å². The van der Waals surface area contributed by atoms with Crippen molar-refractivity contribution >= 4 is 11.5 Å². The van der Waals surface area contributed by atoms with Crippen LogP contribution < -0.4 is 9.64 Å². The minimum absolute atomic E-state index is 0.0537. The zero-order valence-electron chi connectivity index (χ0n) is 16.7. The van der Waals surface area contributed by atoms with Crippen molar-refractivity contribution < 1.29 is 27.8 Å². The number of carbonyl (C=O) groups excluding carboxylic acids is 1. The van der Waals surface area contributed by atoms with Gasteiger partial charge in [-0.1, -0.05) is 18.2 Å². The lowest BCUT2D eigenvalue weighted by atomic mass is 10.1. The van der Waals surface area contributed by atoms with E-state index in [0.717, 1.165) is 6.07 Å². The quantitative estimate of drug-likeness (QED) is 0.693. The molecule has 0 bridgehead atoms. The largest absolute Gasteiger partial charge is 0.490 e. The number of ketones is 1. The Morgan fingerprint density at radius 1 is 1.10 bits per heavy atom. The summed E-state index contributed by atoms with van der Waals surface area (Å²) in [6.45, 7) is 4.29. The van der Waals surface area contributed by atoms with Gasteiger partial charge >= 0.3 is 6.18 Å². The first-order valence-electron chi connectivity index (χ1n) is 9.79. The molecular weight excluding hydrogens is 397 g/mol. The molecule has 1 fully saturated rings. The number of aliphatic hydroxyl groups is 1. The third-order valence-electron chi connectivity index (χ3n) is 5.08. The van der Waals surface area contributed by atoms with Crippen LogP contribution in [0.1, 0.15) is 22.8 Å². The fourth-order valence-corrected chi connectivity index (χ4v) is 3.49. The molecule has 0 aromatic heterocycles. The Kier molecular flexibility index (Phi) is 6.99. The van der Waals surface area contributed by atoms with Gasteiger partial charge in [0.15, 0.2) is 5.78 Å². The van der Waals surface area contributed by atoms with E-state index in [9.17, 15) is 23.1 Å². The topological polar surface area (TPSA) is 53.0 Å². The second-order valence-electron chi connectivity index (χ2n) is 7.35. The van der Waals surface area contributed by atoms with E-state index in [2.05, 4.69) is 4.90 Å². The van der Waals surface area contributed by atoms with Gasteiger partial charge in [-0.3, -0.25) is 9.69 Å². The van der Waals surface area contributed by atoms with Gasteiger partial charge in [0.05, 0.1) is 11.1 Å². The van der Waals surface area contributed by atoms with Crippen LogP contribution in [0.5, 0.6) is 5.75 Å². The molecule has 1 aliphatic heterocycles. The average Bonchev–Trinajstić information content (AvgIpc) is 2.72. The average molecular weight is 422 g/mol. The molecular formula is C22H25F3N2O3. The molecule has 1 N–H and O–H groups in total. The van der Waals surface area contributed by atoms with Crippen molar-refractivity contribution in [1.82, 2.24) is 4.90 Å².